The van der Waals surface area contributed by atoms with E-state index in [1.54, 1.807) is 21.3 Å². The number of methoxy groups -OCH3 is 3. The highest BCUT2D eigenvalue weighted by molar-refractivity contribution is 8.02. The molecule has 0 aromatic heterocycles. The van der Waals surface area contributed by atoms with Crippen LogP contribution in [0.2, 0.25) is 0 Å². The van der Waals surface area contributed by atoms with Gasteiger partial charge in [0.1, 0.15) is 0 Å². The number of hydrogen-bond donors (Lipinski definition) is 1. The minimum Gasteiger partial charge on any atom is -0.493 e. The fourth-order valence-electron chi connectivity index (χ4n) is 4.14. The molecule has 0 spiro atoms. The molecule has 1 aromatic carbocycles. The molecule has 1 heterocycles. The zero-order chi connectivity index (χ0) is 21.3. The number of nitriles is 1. The Balaban J connectivity index is 2.27. The van der Waals surface area contributed by atoms with E-state index in [4.69, 9.17) is 14.2 Å². The van der Waals surface area contributed by atoms with Gasteiger partial charge in [-0.1, -0.05) is 13.8 Å². The maximum absolute atomic E-state index is 13.2. The summed E-state index contributed by atoms with van der Waals surface area (Å²) >= 11 is 1.47. The summed E-state index contributed by atoms with van der Waals surface area (Å²) in [7, 11) is 4.65. The molecular weight excluding hydrogens is 388 g/mol. The lowest BCUT2D eigenvalue weighted by Gasteiger charge is -2.39. The molecule has 7 heteroatoms. The van der Waals surface area contributed by atoms with E-state index in [1.807, 2.05) is 18.4 Å². The van der Waals surface area contributed by atoms with E-state index in [0.717, 1.165) is 22.7 Å². The van der Waals surface area contributed by atoms with Crippen molar-refractivity contribution >= 4 is 17.5 Å². The van der Waals surface area contributed by atoms with Crippen molar-refractivity contribution in [1.29, 1.82) is 5.26 Å². The van der Waals surface area contributed by atoms with Crippen LogP contribution in [0.5, 0.6) is 17.2 Å². The number of dihydropyridines is 1. The van der Waals surface area contributed by atoms with Gasteiger partial charge >= 0.3 is 0 Å². The molecule has 6 nitrogen and oxygen atoms in total. The maximum Gasteiger partial charge on any atom is 0.203 e. The second-order valence-corrected chi connectivity index (χ2v) is 8.73. The number of Topliss-reactive ketones (excluding diaryl/α,β-unsaturated/α-hetero) is 1. The first-order chi connectivity index (χ1) is 13.8. The number of carbonyl (C=O) groups excluding carboxylic acids is 1. The predicted molar refractivity (Wildman–Crippen MR) is 113 cm³/mol. The van der Waals surface area contributed by atoms with Gasteiger partial charge in [0.2, 0.25) is 5.75 Å². The standard InChI is InChI=1S/C22H26N2O4S/c1-22(2)9-14-19(15(25)10-22)18(13(11-23)21(24-14)29-6)12-7-16(26-3)20(28-5)17(8-12)27-4/h7-8,18,24H,9-10H2,1-6H3/t18-/m1/s1. The molecule has 1 atom stereocenters. The largest absolute Gasteiger partial charge is 0.493 e. The van der Waals surface area contributed by atoms with Crippen molar-refractivity contribution < 1.29 is 19.0 Å². The monoisotopic (exact) mass is 414 g/mol. The molecule has 29 heavy (non-hydrogen) atoms. The van der Waals surface area contributed by atoms with Gasteiger partial charge in [0.25, 0.3) is 0 Å². The summed E-state index contributed by atoms with van der Waals surface area (Å²) in [5.41, 5.74) is 2.72. The van der Waals surface area contributed by atoms with Crippen molar-refractivity contribution in [2.45, 2.75) is 32.6 Å². The van der Waals surface area contributed by atoms with Crippen LogP contribution in [0, 0.1) is 16.7 Å². The number of benzene rings is 1. The Morgan fingerprint density at radius 1 is 1.14 bits per heavy atom. The third kappa shape index (κ3) is 3.69. The van der Waals surface area contributed by atoms with Crippen molar-refractivity contribution in [2.24, 2.45) is 5.41 Å². The van der Waals surface area contributed by atoms with Gasteiger partial charge in [-0.25, -0.2) is 0 Å². The normalized spacial score (nSPS) is 20.6. The lowest BCUT2D eigenvalue weighted by molar-refractivity contribution is -0.118. The van der Waals surface area contributed by atoms with E-state index in [0.29, 0.717) is 34.8 Å². The molecule has 1 aliphatic carbocycles. The molecule has 1 N–H and O–H groups in total. The summed E-state index contributed by atoms with van der Waals surface area (Å²) in [6.45, 7) is 4.18. The van der Waals surface area contributed by atoms with Crippen molar-refractivity contribution in [1.82, 2.24) is 5.32 Å². The first-order valence-electron chi connectivity index (χ1n) is 9.31. The maximum atomic E-state index is 13.2. The highest BCUT2D eigenvalue weighted by atomic mass is 32.2. The van der Waals surface area contributed by atoms with Crippen LogP contribution < -0.4 is 19.5 Å². The molecule has 0 radical (unpaired) electrons. The number of allylic oxidation sites excluding steroid dienone is 3. The van der Waals surface area contributed by atoms with Crippen LogP contribution in [-0.2, 0) is 4.79 Å². The van der Waals surface area contributed by atoms with Crippen LogP contribution in [-0.4, -0.2) is 33.4 Å². The molecule has 1 aliphatic heterocycles. The highest BCUT2D eigenvalue weighted by Crippen LogP contribution is 2.50. The molecule has 0 saturated carbocycles. The number of ether oxygens (including phenoxy) is 3. The number of nitrogens with one attached hydrogen (secondary N) is 1. The van der Waals surface area contributed by atoms with Crippen LogP contribution in [0.4, 0.5) is 0 Å². The zero-order valence-electron chi connectivity index (χ0n) is 17.6. The van der Waals surface area contributed by atoms with Crippen molar-refractivity contribution in [3.05, 3.63) is 39.6 Å². The van der Waals surface area contributed by atoms with Gasteiger partial charge in [0.05, 0.1) is 43.9 Å². The van der Waals surface area contributed by atoms with Crippen molar-refractivity contribution in [3.63, 3.8) is 0 Å². The summed E-state index contributed by atoms with van der Waals surface area (Å²) in [6, 6.07) is 5.98. The van der Waals surface area contributed by atoms with Gasteiger partial charge in [-0.05, 0) is 35.8 Å². The van der Waals surface area contributed by atoms with Crippen LogP contribution in [0.3, 0.4) is 0 Å². The Labute approximate surface area is 175 Å². The van der Waals surface area contributed by atoms with E-state index in [2.05, 4.69) is 25.2 Å². The van der Waals surface area contributed by atoms with E-state index in [-0.39, 0.29) is 11.2 Å². The number of rotatable bonds is 5. The summed E-state index contributed by atoms with van der Waals surface area (Å²) in [5.74, 6) is 1.06. The fraction of sp³-hybridized carbons (Fsp3) is 0.455. The Bertz CT molecular complexity index is 931. The zero-order valence-corrected chi connectivity index (χ0v) is 18.5. The average Bonchev–Trinajstić information content (AvgIpc) is 2.69. The summed E-state index contributed by atoms with van der Waals surface area (Å²) < 4.78 is 16.4. The molecule has 0 amide bonds. The van der Waals surface area contributed by atoms with Gasteiger partial charge in [-0.15, -0.1) is 11.8 Å². The Hall–Kier alpha value is -2.59. The SMILES string of the molecule is COc1cc([C@@H]2C(C#N)=C(SC)NC3=C2C(=O)CC(C)(C)C3)cc(OC)c1OC. The topological polar surface area (TPSA) is 80.6 Å². The van der Waals surface area contributed by atoms with E-state index in [9.17, 15) is 10.1 Å². The van der Waals surface area contributed by atoms with Crippen LogP contribution in [0.25, 0.3) is 0 Å². The fourth-order valence-corrected chi connectivity index (χ4v) is 4.75. The third-order valence-electron chi connectivity index (χ3n) is 5.35. The first kappa shape index (κ1) is 21.1. The predicted octanol–water partition coefficient (Wildman–Crippen LogP) is 4.14. The Kier molecular flexibility index (Phi) is 5.85. The molecule has 0 bridgehead atoms. The van der Waals surface area contributed by atoms with E-state index >= 15 is 0 Å². The smallest absolute Gasteiger partial charge is 0.203 e. The van der Waals surface area contributed by atoms with Gasteiger partial charge in [-0.2, -0.15) is 5.26 Å². The molecular formula is C22H26N2O4S. The third-order valence-corrected chi connectivity index (χ3v) is 6.08. The van der Waals surface area contributed by atoms with Crippen molar-refractivity contribution in [3.8, 4) is 23.3 Å². The first-order valence-corrected chi connectivity index (χ1v) is 10.5. The molecule has 3 rings (SSSR count). The summed E-state index contributed by atoms with van der Waals surface area (Å²) in [6.07, 6.45) is 3.12. The van der Waals surface area contributed by atoms with Crippen molar-refractivity contribution in [2.75, 3.05) is 27.6 Å². The minimum atomic E-state index is -0.476. The second kappa shape index (κ2) is 8.03. The number of hydrogen-bond acceptors (Lipinski definition) is 7. The quantitative estimate of drug-likeness (QED) is 0.775. The lowest BCUT2D eigenvalue weighted by Crippen LogP contribution is -2.36. The molecule has 1 aromatic rings. The molecule has 0 saturated heterocycles. The van der Waals surface area contributed by atoms with Gasteiger partial charge in [0, 0.05) is 17.7 Å². The summed E-state index contributed by atoms with van der Waals surface area (Å²) in [4.78, 5) is 13.2. The van der Waals surface area contributed by atoms with Crippen LogP contribution in [0.15, 0.2) is 34.0 Å². The lowest BCUT2D eigenvalue weighted by atomic mass is 9.69. The molecule has 154 valence electrons. The number of nitrogens with zero attached hydrogens (tertiary/aromatic N) is 1. The number of carbonyl (C=O) groups is 1. The van der Waals surface area contributed by atoms with Gasteiger partial charge in [0.15, 0.2) is 17.3 Å². The number of thioether (sulfide) groups is 1. The Morgan fingerprint density at radius 3 is 2.24 bits per heavy atom. The van der Waals surface area contributed by atoms with E-state index < -0.39 is 5.92 Å². The summed E-state index contributed by atoms with van der Waals surface area (Å²) in [5, 5.41) is 14.1. The molecule has 2 aliphatic rings. The van der Waals surface area contributed by atoms with Gasteiger partial charge < -0.3 is 19.5 Å². The molecule has 0 fully saturated rings. The van der Waals surface area contributed by atoms with Crippen LogP contribution in [0.1, 0.15) is 38.2 Å². The second-order valence-electron chi connectivity index (χ2n) is 7.91. The number of ketones is 1. The van der Waals surface area contributed by atoms with Crippen LogP contribution >= 0.6 is 11.8 Å². The molecule has 0 unspecified atom stereocenters. The minimum absolute atomic E-state index is 0.0652. The highest BCUT2D eigenvalue weighted by Gasteiger charge is 2.42. The van der Waals surface area contributed by atoms with E-state index in [1.165, 1.54) is 11.8 Å². The Morgan fingerprint density at radius 2 is 1.76 bits per heavy atom. The average molecular weight is 415 g/mol. The van der Waals surface area contributed by atoms with Gasteiger partial charge in [-0.3, -0.25) is 4.79 Å².